The maximum absolute atomic E-state index is 6.72. The Balaban J connectivity index is 1.72. The number of hydrogen-bond acceptors (Lipinski definition) is 2. The van der Waals surface area contributed by atoms with Crippen molar-refractivity contribution in [2.45, 2.75) is 33.1 Å². The summed E-state index contributed by atoms with van der Waals surface area (Å²) in [5.74, 6) is 0. The van der Waals surface area contributed by atoms with Crippen molar-refractivity contribution in [1.82, 2.24) is 4.98 Å². The van der Waals surface area contributed by atoms with Gasteiger partial charge in [-0.3, -0.25) is 4.98 Å². The van der Waals surface area contributed by atoms with Gasteiger partial charge < -0.3 is 4.42 Å². The number of benzene rings is 3. The highest BCUT2D eigenvalue weighted by Crippen LogP contribution is 2.52. The van der Waals surface area contributed by atoms with Crippen molar-refractivity contribution >= 4 is 21.9 Å². The van der Waals surface area contributed by atoms with Crippen LogP contribution in [0.1, 0.15) is 36.1 Å². The smallest absolute Gasteiger partial charge is 0.145 e. The van der Waals surface area contributed by atoms with Gasteiger partial charge in [0.15, 0.2) is 0 Å². The first kappa shape index (κ1) is 17.5. The highest BCUT2D eigenvalue weighted by atomic mass is 16.3. The number of rotatable bonds is 1. The fourth-order valence-corrected chi connectivity index (χ4v) is 5.18. The minimum atomic E-state index is -0.101. The van der Waals surface area contributed by atoms with Crippen LogP contribution in [0.3, 0.4) is 0 Å². The topological polar surface area (TPSA) is 26.0 Å². The second-order valence-corrected chi connectivity index (χ2v) is 8.99. The quantitative estimate of drug-likeness (QED) is 0.295. The Morgan fingerprint density at radius 1 is 0.767 bits per heavy atom. The van der Waals surface area contributed by atoms with E-state index in [4.69, 9.17) is 9.40 Å². The molecule has 146 valence electrons. The van der Waals surface area contributed by atoms with Gasteiger partial charge in [-0.15, -0.1) is 0 Å². The summed E-state index contributed by atoms with van der Waals surface area (Å²) < 4.78 is 6.72. The Bertz CT molecular complexity index is 1470. The zero-order valence-corrected chi connectivity index (χ0v) is 17.7. The van der Waals surface area contributed by atoms with Crippen LogP contribution in [0.2, 0.25) is 0 Å². The summed E-state index contributed by atoms with van der Waals surface area (Å²) in [5.41, 5.74) is 11.5. The Hall–Kier alpha value is -3.39. The van der Waals surface area contributed by atoms with Crippen LogP contribution >= 0.6 is 0 Å². The monoisotopic (exact) mass is 389 g/mol. The molecule has 2 heterocycles. The van der Waals surface area contributed by atoms with E-state index in [9.17, 15) is 0 Å². The fraction of sp³-hybridized carbons (Fsp3) is 0.179. The minimum Gasteiger partial charge on any atom is -0.455 e. The molecule has 6 rings (SSSR count). The van der Waals surface area contributed by atoms with Crippen molar-refractivity contribution < 1.29 is 4.42 Å². The lowest BCUT2D eigenvalue weighted by Crippen LogP contribution is -2.15. The normalized spacial score (nSPS) is 14.3. The molecule has 1 aliphatic rings. The van der Waals surface area contributed by atoms with E-state index < -0.39 is 0 Å². The van der Waals surface area contributed by atoms with Gasteiger partial charge in [0.25, 0.3) is 0 Å². The molecular weight excluding hydrogens is 366 g/mol. The van der Waals surface area contributed by atoms with Crippen LogP contribution in [0, 0.1) is 13.8 Å². The molecule has 0 atom stereocenters. The average molecular weight is 389 g/mol. The molecule has 0 radical (unpaired) electrons. The summed E-state index contributed by atoms with van der Waals surface area (Å²) in [7, 11) is 0. The molecule has 30 heavy (non-hydrogen) atoms. The van der Waals surface area contributed by atoms with Crippen molar-refractivity contribution in [3.63, 3.8) is 0 Å². The number of pyridine rings is 1. The van der Waals surface area contributed by atoms with Crippen molar-refractivity contribution in [1.29, 1.82) is 0 Å². The van der Waals surface area contributed by atoms with Crippen molar-refractivity contribution in [3.05, 3.63) is 89.1 Å². The highest BCUT2D eigenvalue weighted by molar-refractivity contribution is 6.12. The van der Waals surface area contributed by atoms with Crippen LogP contribution in [0.5, 0.6) is 0 Å². The van der Waals surface area contributed by atoms with Gasteiger partial charge in [-0.1, -0.05) is 62.4 Å². The van der Waals surface area contributed by atoms with E-state index in [-0.39, 0.29) is 5.41 Å². The third kappa shape index (κ3) is 2.16. The predicted molar refractivity (Wildman–Crippen MR) is 124 cm³/mol. The molecule has 0 spiro atoms. The molecule has 0 amide bonds. The third-order valence-electron chi connectivity index (χ3n) is 6.70. The van der Waals surface area contributed by atoms with Gasteiger partial charge in [-0.25, -0.2) is 0 Å². The van der Waals surface area contributed by atoms with E-state index in [1.807, 2.05) is 6.20 Å². The number of aryl methyl sites for hydroxylation is 2. The Morgan fingerprint density at radius 3 is 2.33 bits per heavy atom. The maximum atomic E-state index is 6.72. The van der Waals surface area contributed by atoms with Gasteiger partial charge in [0.2, 0.25) is 0 Å². The summed E-state index contributed by atoms with van der Waals surface area (Å²) >= 11 is 0. The summed E-state index contributed by atoms with van der Waals surface area (Å²) in [6.07, 6.45) is 1.92. The van der Waals surface area contributed by atoms with E-state index >= 15 is 0 Å². The summed E-state index contributed by atoms with van der Waals surface area (Å²) in [6.45, 7) is 8.80. The second-order valence-electron chi connectivity index (χ2n) is 8.99. The van der Waals surface area contributed by atoms with E-state index in [0.29, 0.717) is 0 Å². The van der Waals surface area contributed by atoms with Gasteiger partial charge in [-0.2, -0.15) is 0 Å². The van der Waals surface area contributed by atoms with Gasteiger partial charge in [0.1, 0.15) is 11.2 Å². The van der Waals surface area contributed by atoms with Crippen LogP contribution in [0.4, 0.5) is 0 Å². The first-order valence-electron chi connectivity index (χ1n) is 10.5. The van der Waals surface area contributed by atoms with Crippen LogP contribution in [-0.2, 0) is 5.41 Å². The molecule has 3 aromatic carbocycles. The van der Waals surface area contributed by atoms with E-state index in [1.54, 1.807) is 0 Å². The first-order valence-corrected chi connectivity index (χ1v) is 10.5. The Kier molecular flexibility index (Phi) is 3.39. The minimum absolute atomic E-state index is 0.101. The zero-order chi connectivity index (χ0) is 20.6. The molecular formula is C28H23NO. The van der Waals surface area contributed by atoms with E-state index in [1.165, 1.54) is 33.2 Å². The van der Waals surface area contributed by atoms with Crippen molar-refractivity contribution in [2.24, 2.45) is 0 Å². The number of furan rings is 1. The average Bonchev–Trinajstić information content (AvgIpc) is 3.22. The molecule has 5 aromatic rings. The molecule has 0 unspecified atom stereocenters. The lowest BCUT2D eigenvalue weighted by molar-refractivity contribution is 0.620. The van der Waals surface area contributed by atoms with Gasteiger partial charge in [0, 0.05) is 33.5 Å². The zero-order valence-electron chi connectivity index (χ0n) is 17.7. The standard InChI is InChI=1S/C28H23NO/c1-16-9-14-23(29-15-16)24-17(2)10-11-20-21-13-12-19-18-7-5-6-8-22(18)28(3,4)25(19)27(21)30-26(20)24/h5-15H,1-4H3. The van der Waals surface area contributed by atoms with Crippen molar-refractivity contribution in [3.8, 4) is 22.4 Å². The number of aromatic nitrogens is 1. The molecule has 2 aromatic heterocycles. The molecule has 1 aliphatic carbocycles. The molecule has 2 nitrogen and oxygen atoms in total. The molecule has 0 saturated heterocycles. The van der Waals surface area contributed by atoms with Crippen LogP contribution in [0.15, 0.2) is 71.3 Å². The largest absolute Gasteiger partial charge is 0.455 e. The van der Waals surface area contributed by atoms with Crippen LogP contribution in [-0.4, -0.2) is 4.98 Å². The molecule has 0 aliphatic heterocycles. The Morgan fingerprint density at radius 2 is 1.53 bits per heavy atom. The molecule has 0 N–H and O–H groups in total. The molecule has 0 bridgehead atoms. The number of nitrogens with zero attached hydrogens (tertiary/aromatic N) is 1. The summed E-state index contributed by atoms with van der Waals surface area (Å²) in [5, 5.41) is 2.33. The van der Waals surface area contributed by atoms with E-state index in [2.05, 4.69) is 88.4 Å². The predicted octanol–water partition coefficient (Wildman–Crippen LogP) is 7.57. The van der Waals surface area contributed by atoms with Crippen molar-refractivity contribution in [2.75, 3.05) is 0 Å². The summed E-state index contributed by atoms with van der Waals surface area (Å²) in [4.78, 5) is 4.70. The van der Waals surface area contributed by atoms with Gasteiger partial charge in [-0.05, 0) is 53.8 Å². The second kappa shape index (κ2) is 5.82. The third-order valence-corrected chi connectivity index (χ3v) is 6.70. The van der Waals surface area contributed by atoms with Crippen LogP contribution in [0.25, 0.3) is 44.3 Å². The van der Waals surface area contributed by atoms with Gasteiger partial charge in [0.05, 0.1) is 5.69 Å². The fourth-order valence-electron chi connectivity index (χ4n) is 5.18. The van der Waals surface area contributed by atoms with Crippen LogP contribution < -0.4 is 0 Å². The molecule has 2 heteroatoms. The van der Waals surface area contributed by atoms with E-state index in [0.717, 1.165) is 33.4 Å². The SMILES string of the molecule is Cc1ccc(-c2c(C)ccc3c2oc2c4c(ccc23)-c2ccccc2C4(C)C)nc1. The number of hydrogen-bond donors (Lipinski definition) is 0. The van der Waals surface area contributed by atoms with Gasteiger partial charge >= 0.3 is 0 Å². The first-order chi connectivity index (χ1) is 14.5. The lowest BCUT2D eigenvalue weighted by Gasteiger charge is -2.21. The Labute approximate surface area is 176 Å². The lowest BCUT2D eigenvalue weighted by atomic mass is 9.82. The molecule has 0 fully saturated rings. The summed E-state index contributed by atoms with van der Waals surface area (Å²) in [6, 6.07) is 21.8. The molecule has 0 saturated carbocycles. The maximum Gasteiger partial charge on any atom is 0.145 e. The highest BCUT2D eigenvalue weighted by Gasteiger charge is 2.38. The number of fused-ring (bicyclic) bond motifs is 7.